The van der Waals surface area contributed by atoms with Crippen LogP contribution in [0.15, 0.2) is 18.2 Å². The van der Waals surface area contributed by atoms with Crippen LogP contribution < -0.4 is 5.73 Å². The van der Waals surface area contributed by atoms with Crippen molar-refractivity contribution in [3.63, 3.8) is 0 Å². The SMILES string of the molecule is CC.Cc1cc(N)ccc1F. The molecule has 0 spiro atoms. The molecule has 62 valence electrons. The first-order valence-electron chi connectivity index (χ1n) is 3.72. The predicted molar refractivity (Wildman–Crippen MR) is 46.9 cm³/mol. The molecule has 0 amide bonds. The van der Waals surface area contributed by atoms with E-state index in [-0.39, 0.29) is 5.82 Å². The molecule has 0 saturated carbocycles. The van der Waals surface area contributed by atoms with Gasteiger partial charge in [0.15, 0.2) is 0 Å². The maximum absolute atomic E-state index is 12.4. The first kappa shape index (κ1) is 9.95. The van der Waals surface area contributed by atoms with Crippen LogP contribution in [0.5, 0.6) is 0 Å². The van der Waals surface area contributed by atoms with E-state index in [2.05, 4.69) is 0 Å². The lowest BCUT2D eigenvalue weighted by Gasteiger charge is -1.95. The average Bonchev–Trinajstić information content (AvgIpc) is 2.02. The van der Waals surface area contributed by atoms with Gasteiger partial charge in [-0.15, -0.1) is 0 Å². The van der Waals surface area contributed by atoms with E-state index in [1.807, 2.05) is 13.8 Å². The molecule has 0 aliphatic rings. The molecule has 0 heterocycles. The maximum Gasteiger partial charge on any atom is 0.126 e. The Labute approximate surface area is 67.0 Å². The van der Waals surface area contributed by atoms with Crippen LogP contribution in [0.4, 0.5) is 10.1 Å². The molecule has 0 aliphatic carbocycles. The second-order valence-electron chi connectivity index (χ2n) is 2.01. The number of nitrogen functional groups attached to an aromatic ring is 1. The largest absolute Gasteiger partial charge is 0.399 e. The fraction of sp³-hybridized carbons (Fsp3) is 0.333. The zero-order chi connectivity index (χ0) is 8.85. The Morgan fingerprint density at radius 1 is 1.27 bits per heavy atom. The molecule has 0 saturated heterocycles. The fourth-order valence-electron chi connectivity index (χ4n) is 0.668. The molecule has 0 aromatic heterocycles. The molecular weight excluding hydrogens is 141 g/mol. The third-order valence-corrected chi connectivity index (χ3v) is 1.18. The summed E-state index contributed by atoms with van der Waals surface area (Å²) in [5.74, 6) is -0.204. The van der Waals surface area contributed by atoms with Crippen molar-refractivity contribution in [3.05, 3.63) is 29.6 Å². The van der Waals surface area contributed by atoms with Crippen molar-refractivity contribution < 1.29 is 4.39 Å². The van der Waals surface area contributed by atoms with Crippen LogP contribution in [0.25, 0.3) is 0 Å². The van der Waals surface area contributed by atoms with Crippen LogP contribution in [-0.2, 0) is 0 Å². The highest BCUT2D eigenvalue weighted by molar-refractivity contribution is 5.40. The summed E-state index contributed by atoms with van der Waals surface area (Å²) in [6.07, 6.45) is 0. The highest BCUT2D eigenvalue weighted by Crippen LogP contribution is 2.09. The fourth-order valence-corrected chi connectivity index (χ4v) is 0.668. The van der Waals surface area contributed by atoms with Gasteiger partial charge in [0.25, 0.3) is 0 Å². The summed E-state index contributed by atoms with van der Waals surface area (Å²) in [6, 6.07) is 4.52. The molecule has 1 rings (SSSR count). The van der Waals surface area contributed by atoms with Crippen molar-refractivity contribution in [1.29, 1.82) is 0 Å². The van der Waals surface area contributed by atoms with E-state index < -0.39 is 0 Å². The van der Waals surface area contributed by atoms with Crippen molar-refractivity contribution in [3.8, 4) is 0 Å². The minimum Gasteiger partial charge on any atom is -0.399 e. The summed E-state index contributed by atoms with van der Waals surface area (Å²) >= 11 is 0. The van der Waals surface area contributed by atoms with Gasteiger partial charge in [-0.25, -0.2) is 4.39 Å². The summed E-state index contributed by atoms with van der Waals surface area (Å²) < 4.78 is 12.4. The van der Waals surface area contributed by atoms with Gasteiger partial charge in [-0.3, -0.25) is 0 Å². The van der Waals surface area contributed by atoms with E-state index in [0.717, 1.165) is 0 Å². The monoisotopic (exact) mass is 155 g/mol. The zero-order valence-electron chi connectivity index (χ0n) is 7.19. The smallest absolute Gasteiger partial charge is 0.126 e. The van der Waals surface area contributed by atoms with Gasteiger partial charge in [0, 0.05) is 5.69 Å². The second kappa shape index (κ2) is 4.72. The second-order valence-corrected chi connectivity index (χ2v) is 2.01. The van der Waals surface area contributed by atoms with Gasteiger partial charge in [0.05, 0.1) is 0 Å². The van der Waals surface area contributed by atoms with Crippen molar-refractivity contribution >= 4 is 5.69 Å². The molecule has 1 nitrogen and oxygen atoms in total. The molecule has 0 radical (unpaired) electrons. The topological polar surface area (TPSA) is 26.0 Å². The van der Waals surface area contributed by atoms with Crippen molar-refractivity contribution in [2.75, 3.05) is 5.73 Å². The van der Waals surface area contributed by atoms with E-state index in [1.54, 1.807) is 19.1 Å². The highest BCUT2D eigenvalue weighted by Gasteiger charge is 1.93. The molecule has 1 aromatic carbocycles. The molecule has 2 N–H and O–H groups in total. The molecule has 0 fully saturated rings. The van der Waals surface area contributed by atoms with Crippen LogP contribution in [0.1, 0.15) is 19.4 Å². The molecule has 0 bridgehead atoms. The number of nitrogens with two attached hydrogens (primary N) is 1. The predicted octanol–water partition coefficient (Wildman–Crippen LogP) is 2.74. The van der Waals surface area contributed by atoms with Crippen molar-refractivity contribution in [2.24, 2.45) is 0 Å². The van der Waals surface area contributed by atoms with Gasteiger partial charge in [0.2, 0.25) is 0 Å². The molecule has 0 aliphatic heterocycles. The number of aryl methyl sites for hydroxylation is 1. The maximum atomic E-state index is 12.4. The van der Waals surface area contributed by atoms with Crippen LogP contribution in [-0.4, -0.2) is 0 Å². The summed E-state index contributed by atoms with van der Waals surface area (Å²) in [7, 11) is 0. The Morgan fingerprint density at radius 2 is 1.82 bits per heavy atom. The molecule has 11 heavy (non-hydrogen) atoms. The normalized spacial score (nSPS) is 8.36. The lowest BCUT2D eigenvalue weighted by atomic mass is 10.2. The van der Waals surface area contributed by atoms with E-state index >= 15 is 0 Å². The molecule has 2 heteroatoms. The number of rotatable bonds is 0. The first-order chi connectivity index (χ1) is 5.20. The quantitative estimate of drug-likeness (QED) is 0.573. The minimum atomic E-state index is -0.204. The number of benzene rings is 1. The number of hydrogen-bond acceptors (Lipinski definition) is 1. The van der Waals surface area contributed by atoms with Gasteiger partial charge in [-0.1, -0.05) is 13.8 Å². The minimum absolute atomic E-state index is 0.204. The molecule has 0 atom stereocenters. The van der Waals surface area contributed by atoms with Gasteiger partial charge in [-0.2, -0.15) is 0 Å². The van der Waals surface area contributed by atoms with Gasteiger partial charge in [0.1, 0.15) is 5.82 Å². The van der Waals surface area contributed by atoms with E-state index in [0.29, 0.717) is 11.3 Å². The summed E-state index contributed by atoms with van der Waals surface area (Å²) in [5, 5.41) is 0. The molecular formula is C9H14FN. The Kier molecular flexibility index (Phi) is 4.27. The summed E-state index contributed by atoms with van der Waals surface area (Å²) in [5.41, 5.74) is 6.56. The lowest BCUT2D eigenvalue weighted by molar-refractivity contribution is 0.619. The number of halogens is 1. The average molecular weight is 155 g/mol. The van der Waals surface area contributed by atoms with Crippen LogP contribution >= 0.6 is 0 Å². The Hall–Kier alpha value is -1.05. The number of anilines is 1. The van der Waals surface area contributed by atoms with Crippen LogP contribution in [0, 0.1) is 12.7 Å². The summed E-state index contributed by atoms with van der Waals surface area (Å²) in [4.78, 5) is 0. The van der Waals surface area contributed by atoms with Crippen LogP contribution in [0.2, 0.25) is 0 Å². The van der Waals surface area contributed by atoms with Crippen molar-refractivity contribution in [1.82, 2.24) is 0 Å². The Balaban J connectivity index is 0.000000461. The third-order valence-electron chi connectivity index (χ3n) is 1.18. The van der Waals surface area contributed by atoms with Gasteiger partial charge in [-0.05, 0) is 30.7 Å². The third kappa shape index (κ3) is 3.03. The van der Waals surface area contributed by atoms with E-state index in [9.17, 15) is 4.39 Å². The van der Waals surface area contributed by atoms with E-state index in [4.69, 9.17) is 5.73 Å². The standard InChI is InChI=1S/C7H8FN.C2H6/c1-5-4-6(9)2-3-7(5)8;1-2/h2-4H,9H2,1H3;1-2H3. The Bertz CT molecular complexity index is 221. The van der Waals surface area contributed by atoms with Crippen LogP contribution in [0.3, 0.4) is 0 Å². The van der Waals surface area contributed by atoms with E-state index in [1.165, 1.54) is 6.07 Å². The molecule has 0 unspecified atom stereocenters. The Morgan fingerprint density at radius 3 is 2.18 bits per heavy atom. The van der Waals surface area contributed by atoms with Crippen molar-refractivity contribution in [2.45, 2.75) is 20.8 Å². The highest BCUT2D eigenvalue weighted by atomic mass is 19.1. The molecule has 1 aromatic rings. The van der Waals surface area contributed by atoms with Gasteiger partial charge >= 0.3 is 0 Å². The summed E-state index contributed by atoms with van der Waals surface area (Å²) in [6.45, 7) is 5.69. The zero-order valence-corrected chi connectivity index (χ0v) is 7.19. The number of hydrogen-bond donors (Lipinski definition) is 1. The first-order valence-corrected chi connectivity index (χ1v) is 3.72. The lowest BCUT2D eigenvalue weighted by Crippen LogP contribution is -1.87. The van der Waals surface area contributed by atoms with Gasteiger partial charge < -0.3 is 5.73 Å².